The topological polar surface area (TPSA) is 99.7 Å². The summed E-state index contributed by atoms with van der Waals surface area (Å²) in [5, 5.41) is 14.6. The molecule has 0 aromatic heterocycles. The van der Waals surface area contributed by atoms with Gasteiger partial charge in [0.25, 0.3) is 5.69 Å². The Morgan fingerprint density at radius 1 is 1.29 bits per heavy atom. The number of nitro benzene ring substituents is 1. The van der Waals surface area contributed by atoms with Crippen LogP contribution in [0.4, 0.5) is 11.4 Å². The first-order valence-corrected chi connectivity index (χ1v) is 7.23. The van der Waals surface area contributed by atoms with Crippen molar-refractivity contribution in [3.8, 4) is 11.5 Å². The molecule has 1 aliphatic carbocycles. The van der Waals surface area contributed by atoms with Gasteiger partial charge in [0.1, 0.15) is 18.9 Å². The molecule has 3 N–H and O–H groups in total. The third kappa shape index (κ3) is 2.73. The number of nitro groups is 1. The summed E-state index contributed by atoms with van der Waals surface area (Å²) < 4.78 is 10.9. The zero-order chi connectivity index (χ0) is 14.8. The van der Waals surface area contributed by atoms with Crippen molar-refractivity contribution >= 4 is 11.4 Å². The Labute approximate surface area is 122 Å². The van der Waals surface area contributed by atoms with Crippen LogP contribution in [-0.4, -0.2) is 30.7 Å². The third-order valence-electron chi connectivity index (χ3n) is 4.16. The summed E-state index contributed by atoms with van der Waals surface area (Å²) in [5.74, 6) is 1.34. The highest BCUT2D eigenvalue weighted by Crippen LogP contribution is 2.40. The van der Waals surface area contributed by atoms with E-state index in [0.29, 0.717) is 42.9 Å². The monoisotopic (exact) mass is 293 g/mol. The molecule has 0 saturated heterocycles. The summed E-state index contributed by atoms with van der Waals surface area (Å²) in [5.41, 5.74) is 6.26. The first-order valence-electron chi connectivity index (χ1n) is 7.23. The Balaban J connectivity index is 1.90. The minimum atomic E-state index is -0.396. The van der Waals surface area contributed by atoms with E-state index in [0.717, 1.165) is 19.3 Å². The normalized spacial score (nSPS) is 23.9. The van der Waals surface area contributed by atoms with Gasteiger partial charge in [0.15, 0.2) is 11.5 Å². The molecule has 114 valence electrons. The third-order valence-corrected chi connectivity index (χ3v) is 4.16. The van der Waals surface area contributed by atoms with Crippen molar-refractivity contribution < 1.29 is 14.4 Å². The average Bonchev–Trinajstić information content (AvgIpc) is 2.93. The molecule has 1 fully saturated rings. The van der Waals surface area contributed by atoms with E-state index in [1.807, 2.05) is 0 Å². The maximum Gasteiger partial charge on any atom is 0.296 e. The van der Waals surface area contributed by atoms with E-state index in [1.54, 1.807) is 6.07 Å². The van der Waals surface area contributed by atoms with Crippen molar-refractivity contribution in [1.82, 2.24) is 0 Å². The fourth-order valence-electron chi connectivity index (χ4n) is 3.05. The zero-order valence-electron chi connectivity index (χ0n) is 11.7. The molecule has 1 aromatic carbocycles. The molecular formula is C14H19N3O4. The predicted octanol–water partition coefficient (Wildman–Crippen LogP) is 1.91. The van der Waals surface area contributed by atoms with Crippen LogP contribution in [0.3, 0.4) is 0 Å². The van der Waals surface area contributed by atoms with Gasteiger partial charge < -0.3 is 20.5 Å². The lowest BCUT2D eigenvalue weighted by Gasteiger charge is -2.23. The molecule has 0 radical (unpaired) electrons. The van der Waals surface area contributed by atoms with Gasteiger partial charge in [-0.25, -0.2) is 0 Å². The molecule has 0 amide bonds. The summed E-state index contributed by atoms with van der Waals surface area (Å²) in [6.07, 6.45) is 3.14. The Morgan fingerprint density at radius 2 is 2.00 bits per heavy atom. The number of nitrogens with one attached hydrogen (secondary N) is 1. The number of nitrogens with two attached hydrogens (primary N) is 1. The first-order chi connectivity index (χ1) is 10.2. The number of anilines is 1. The van der Waals surface area contributed by atoms with Crippen LogP contribution < -0.4 is 20.5 Å². The molecule has 2 atom stereocenters. The molecule has 7 nitrogen and oxygen atoms in total. The van der Waals surface area contributed by atoms with E-state index in [4.69, 9.17) is 15.2 Å². The number of hydrogen-bond donors (Lipinski definition) is 2. The summed E-state index contributed by atoms with van der Waals surface area (Å²) in [6.45, 7) is 1.46. The lowest BCUT2D eigenvalue weighted by Crippen LogP contribution is -2.29. The van der Waals surface area contributed by atoms with E-state index >= 15 is 0 Å². The van der Waals surface area contributed by atoms with Gasteiger partial charge in [0.2, 0.25) is 0 Å². The van der Waals surface area contributed by atoms with Crippen LogP contribution in [0.25, 0.3) is 0 Å². The Kier molecular flexibility index (Phi) is 3.83. The van der Waals surface area contributed by atoms with Crippen LogP contribution >= 0.6 is 0 Å². The molecule has 1 heterocycles. The van der Waals surface area contributed by atoms with Crippen LogP contribution in [-0.2, 0) is 0 Å². The molecule has 0 spiro atoms. The summed E-state index contributed by atoms with van der Waals surface area (Å²) in [6, 6.07) is 3.28. The number of benzene rings is 1. The zero-order valence-corrected chi connectivity index (χ0v) is 11.7. The van der Waals surface area contributed by atoms with Crippen molar-refractivity contribution in [2.45, 2.75) is 25.3 Å². The van der Waals surface area contributed by atoms with Gasteiger partial charge in [-0.3, -0.25) is 10.1 Å². The van der Waals surface area contributed by atoms with Crippen LogP contribution in [0.5, 0.6) is 11.5 Å². The summed E-state index contributed by atoms with van der Waals surface area (Å²) in [4.78, 5) is 10.9. The van der Waals surface area contributed by atoms with E-state index in [9.17, 15) is 10.1 Å². The quantitative estimate of drug-likeness (QED) is 0.649. The molecule has 0 bridgehead atoms. The van der Waals surface area contributed by atoms with Crippen LogP contribution in [0, 0.1) is 16.0 Å². The van der Waals surface area contributed by atoms with Crippen molar-refractivity contribution in [1.29, 1.82) is 0 Å². The summed E-state index contributed by atoms with van der Waals surface area (Å²) in [7, 11) is 0. The SMILES string of the molecule is NCC1CCCC1Nc1cc2c(cc1[N+](=O)[O-])OCCO2. The van der Waals surface area contributed by atoms with Gasteiger partial charge >= 0.3 is 0 Å². The van der Waals surface area contributed by atoms with Gasteiger partial charge in [0, 0.05) is 12.1 Å². The molecule has 2 aliphatic rings. The second-order valence-corrected chi connectivity index (χ2v) is 5.45. The van der Waals surface area contributed by atoms with Gasteiger partial charge in [0.05, 0.1) is 11.0 Å². The highest BCUT2D eigenvalue weighted by molar-refractivity contribution is 5.69. The molecule has 1 aliphatic heterocycles. The van der Waals surface area contributed by atoms with E-state index in [2.05, 4.69) is 5.32 Å². The second-order valence-electron chi connectivity index (χ2n) is 5.45. The fourth-order valence-corrected chi connectivity index (χ4v) is 3.05. The second kappa shape index (κ2) is 5.77. The predicted molar refractivity (Wildman–Crippen MR) is 77.9 cm³/mol. The number of ether oxygens (including phenoxy) is 2. The highest BCUT2D eigenvalue weighted by atomic mass is 16.6. The number of fused-ring (bicyclic) bond motifs is 1. The molecule has 21 heavy (non-hydrogen) atoms. The smallest absolute Gasteiger partial charge is 0.296 e. The first kappa shape index (κ1) is 13.9. The van der Waals surface area contributed by atoms with Crippen molar-refractivity contribution in [3.05, 3.63) is 22.2 Å². The van der Waals surface area contributed by atoms with E-state index in [1.165, 1.54) is 6.07 Å². The van der Waals surface area contributed by atoms with Crippen LogP contribution in [0.1, 0.15) is 19.3 Å². The van der Waals surface area contributed by atoms with Crippen molar-refractivity contribution in [2.24, 2.45) is 11.7 Å². The molecule has 1 saturated carbocycles. The molecular weight excluding hydrogens is 274 g/mol. The number of nitrogens with zero attached hydrogens (tertiary/aromatic N) is 1. The van der Waals surface area contributed by atoms with Crippen LogP contribution in [0.2, 0.25) is 0 Å². The Morgan fingerprint density at radius 3 is 2.67 bits per heavy atom. The molecule has 7 heteroatoms. The van der Waals surface area contributed by atoms with E-state index < -0.39 is 4.92 Å². The lowest BCUT2D eigenvalue weighted by atomic mass is 10.0. The standard InChI is InChI=1S/C14H19N3O4/c15-8-9-2-1-3-10(9)16-11-6-13-14(21-5-4-20-13)7-12(11)17(18)19/h6-7,9-10,16H,1-5,8,15H2. The average molecular weight is 293 g/mol. The largest absolute Gasteiger partial charge is 0.486 e. The number of hydrogen-bond acceptors (Lipinski definition) is 6. The van der Waals surface area contributed by atoms with Crippen LogP contribution in [0.15, 0.2) is 12.1 Å². The van der Waals surface area contributed by atoms with Crippen molar-refractivity contribution in [3.63, 3.8) is 0 Å². The fraction of sp³-hybridized carbons (Fsp3) is 0.571. The van der Waals surface area contributed by atoms with Gasteiger partial charge in [-0.15, -0.1) is 0 Å². The molecule has 3 rings (SSSR count). The van der Waals surface area contributed by atoms with Crippen molar-refractivity contribution in [2.75, 3.05) is 25.1 Å². The molecule has 1 aromatic rings. The van der Waals surface area contributed by atoms with E-state index in [-0.39, 0.29) is 11.7 Å². The van der Waals surface area contributed by atoms with Gasteiger partial charge in [-0.1, -0.05) is 6.42 Å². The molecule has 2 unspecified atom stereocenters. The summed E-state index contributed by atoms with van der Waals surface area (Å²) >= 11 is 0. The number of rotatable bonds is 4. The maximum absolute atomic E-state index is 11.3. The Bertz CT molecular complexity index is 549. The van der Waals surface area contributed by atoms with Gasteiger partial charge in [-0.05, 0) is 25.3 Å². The minimum absolute atomic E-state index is 0.0157. The lowest BCUT2D eigenvalue weighted by molar-refractivity contribution is -0.384. The minimum Gasteiger partial charge on any atom is -0.486 e. The maximum atomic E-state index is 11.3. The highest BCUT2D eigenvalue weighted by Gasteiger charge is 2.29. The van der Waals surface area contributed by atoms with Gasteiger partial charge in [-0.2, -0.15) is 0 Å². The Hall–Kier alpha value is -2.02.